The van der Waals surface area contributed by atoms with Gasteiger partial charge in [-0.15, -0.1) is 0 Å². The monoisotopic (exact) mass is 648 g/mol. The Morgan fingerprint density at radius 2 is 0.892 bits per heavy atom. The average Bonchev–Trinajstić information content (AvgIpc) is 2.59. The summed E-state index contributed by atoms with van der Waals surface area (Å²) in [6, 6.07) is -1.64. The van der Waals surface area contributed by atoms with Crippen molar-refractivity contribution in [3.8, 4) is 0 Å². The molecular formula is C12H39Ca2FN8O12P2. The molecule has 2 atom stereocenters. The second-order valence-electron chi connectivity index (χ2n) is 5.88. The van der Waals surface area contributed by atoms with Crippen LogP contribution in [-0.2, 0) is 18.7 Å². The number of guanidine groups is 2. The number of nitrogens with one attached hydrogen (secondary N) is 4. The van der Waals surface area contributed by atoms with Gasteiger partial charge in [-0.1, -0.05) is 0 Å². The van der Waals surface area contributed by atoms with Gasteiger partial charge in [-0.25, -0.2) is 9.13 Å². The van der Waals surface area contributed by atoms with Crippen LogP contribution in [0.2, 0.25) is 0 Å². The molecule has 25 heteroatoms. The summed E-state index contributed by atoms with van der Waals surface area (Å²) in [5.74, 6) is -2.23. The predicted octanol–water partition coefficient (Wildman–Crippen LogP) is -6.21. The molecule has 0 unspecified atom stereocenters. The van der Waals surface area contributed by atoms with Crippen LogP contribution in [0.3, 0.4) is 0 Å². The first kappa shape index (κ1) is 53.3. The number of hydrogen-bond acceptors (Lipinski definition) is 8. The molecule has 37 heavy (non-hydrogen) atoms. The van der Waals surface area contributed by atoms with E-state index in [1.807, 2.05) is 0 Å². The average molecular weight is 649 g/mol. The predicted molar refractivity (Wildman–Crippen MR) is 138 cm³/mol. The SMILES string of the molecule is F.N=C(N)NCCC[C@H](N)C(=O)O.N=C(N)NCCC[C@H](N)C(=O)O.O=P(O)(O)O.O=P(O)(O)O.[CaH2].[CaH2]. The van der Waals surface area contributed by atoms with Gasteiger partial charge in [0.1, 0.15) is 12.1 Å². The maximum absolute atomic E-state index is 10.2. The first-order valence-corrected chi connectivity index (χ1v) is 11.9. The van der Waals surface area contributed by atoms with Crippen molar-refractivity contribution >= 4 is 115 Å². The first-order chi connectivity index (χ1) is 15.1. The second kappa shape index (κ2) is 30.6. The molecule has 0 fully saturated rings. The normalized spacial score (nSPS) is 11.0. The Labute approximate surface area is 270 Å². The molecule has 0 saturated heterocycles. The Morgan fingerprint density at radius 3 is 1.03 bits per heavy atom. The van der Waals surface area contributed by atoms with Gasteiger partial charge < -0.3 is 73.1 Å². The summed E-state index contributed by atoms with van der Waals surface area (Å²) < 4.78 is 17.8. The Kier molecular flexibility index (Phi) is 44.1. The molecule has 0 aromatic carbocycles. The summed E-state index contributed by atoms with van der Waals surface area (Å²) in [6.07, 6.45) is 1.95. The molecule has 20 nitrogen and oxygen atoms in total. The molecule has 0 amide bonds. The summed E-state index contributed by atoms with van der Waals surface area (Å²) in [7, 11) is -9.28. The van der Waals surface area contributed by atoms with Crippen molar-refractivity contribution in [1.82, 2.24) is 10.6 Å². The molecule has 0 radical (unpaired) electrons. The second-order valence-corrected chi connectivity index (χ2v) is 7.93. The van der Waals surface area contributed by atoms with E-state index in [1.165, 1.54) is 0 Å². The molecular weight excluding hydrogens is 609 g/mol. The van der Waals surface area contributed by atoms with Crippen molar-refractivity contribution in [2.45, 2.75) is 37.8 Å². The molecule has 0 spiro atoms. The van der Waals surface area contributed by atoms with E-state index in [9.17, 15) is 9.59 Å². The van der Waals surface area contributed by atoms with Gasteiger partial charge in [0.15, 0.2) is 11.9 Å². The summed E-state index contributed by atoms with van der Waals surface area (Å²) >= 11 is 0. The summed E-state index contributed by atoms with van der Waals surface area (Å²) in [4.78, 5) is 63.6. The van der Waals surface area contributed by atoms with E-state index in [1.54, 1.807) is 0 Å². The van der Waals surface area contributed by atoms with Crippen molar-refractivity contribution in [1.29, 1.82) is 10.8 Å². The summed E-state index contributed by atoms with van der Waals surface area (Å²) in [5.41, 5.74) is 20.4. The van der Waals surface area contributed by atoms with Crippen molar-refractivity contribution in [3.05, 3.63) is 0 Å². The third-order valence-corrected chi connectivity index (χ3v) is 2.65. The van der Waals surface area contributed by atoms with Crippen LogP contribution >= 0.6 is 15.6 Å². The zero-order valence-electron chi connectivity index (χ0n) is 18.2. The molecule has 0 aromatic heterocycles. The third-order valence-electron chi connectivity index (χ3n) is 2.65. The number of phosphoric acid groups is 2. The Morgan fingerprint density at radius 1 is 0.703 bits per heavy atom. The van der Waals surface area contributed by atoms with E-state index in [-0.39, 0.29) is 92.1 Å². The zero-order valence-corrected chi connectivity index (χ0v) is 20.0. The van der Waals surface area contributed by atoms with Crippen LogP contribution < -0.4 is 33.6 Å². The standard InChI is InChI=1S/2C6H14N4O2.2Ca.FH.2H3O4P.4H/c2*7-4(5(11)12)2-1-3-10-6(8)9;;;;2*1-5(2,3)4;;;;/h2*4H,1-3,7H2,(H,11,12)(H4,8,9,10);;;1H;2*(H3,1,2,3,4);;;;/t2*4-;;;;;;;;;/m00........./s1. The fourth-order valence-electron chi connectivity index (χ4n) is 1.34. The van der Waals surface area contributed by atoms with Crippen LogP contribution in [0, 0.1) is 10.8 Å². The van der Waals surface area contributed by atoms with Crippen LogP contribution in [0.15, 0.2) is 0 Å². The fraction of sp³-hybridized carbons (Fsp3) is 0.667. The number of carboxylic acids is 2. The Bertz CT molecular complexity index is 644. The topological polar surface area (TPSA) is 406 Å². The van der Waals surface area contributed by atoms with E-state index in [2.05, 4.69) is 10.6 Å². The summed E-state index contributed by atoms with van der Waals surface area (Å²) in [5, 5.41) is 35.4. The Hall–Kier alpha value is 0.0695. The van der Waals surface area contributed by atoms with E-state index < -0.39 is 39.7 Å². The number of carbonyl (C=O) groups is 2. The molecule has 20 N–H and O–H groups in total. The minimum absolute atomic E-state index is 0. The number of nitrogens with two attached hydrogens (primary N) is 4. The molecule has 0 bridgehead atoms. The number of hydrogen-bond donors (Lipinski definition) is 16. The van der Waals surface area contributed by atoms with Gasteiger partial charge in [0.05, 0.1) is 0 Å². The number of carboxylic acid groups (broad SMARTS) is 2. The van der Waals surface area contributed by atoms with Gasteiger partial charge in [-0.2, -0.15) is 0 Å². The van der Waals surface area contributed by atoms with Crippen molar-refractivity contribution in [2.24, 2.45) is 22.9 Å². The molecule has 0 aliphatic carbocycles. The maximum atomic E-state index is 10.2. The van der Waals surface area contributed by atoms with Crippen molar-refractivity contribution in [3.63, 3.8) is 0 Å². The van der Waals surface area contributed by atoms with Crippen molar-refractivity contribution < 1.29 is 63.0 Å². The van der Waals surface area contributed by atoms with Gasteiger partial charge in [0, 0.05) is 13.1 Å². The molecule has 0 aromatic rings. The zero-order chi connectivity index (χ0) is 28.1. The molecule has 220 valence electrons. The Balaban J connectivity index is -0.0000000678. The van der Waals surface area contributed by atoms with E-state index >= 15 is 0 Å². The minimum atomic E-state index is -4.64. The third kappa shape index (κ3) is 86.0. The molecule has 0 aliphatic heterocycles. The van der Waals surface area contributed by atoms with Gasteiger partial charge in [-0.3, -0.25) is 25.1 Å². The van der Waals surface area contributed by atoms with Gasteiger partial charge in [0.25, 0.3) is 0 Å². The van der Waals surface area contributed by atoms with E-state index in [0.717, 1.165) is 0 Å². The van der Waals surface area contributed by atoms with E-state index in [4.69, 9.17) is 82.5 Å². The molecule has 0 rings (SSSR count). The fourth-order valence-corrected chi connectivity index (χ4v) is 1.34. The number of rotatable bonds is 10. The van der Waals surface area contributed by atoms with Gasteiger partial charge >= 0.3 is 103 Å². The van der Waals surface area contributed by atoms with Gasteiger partial charge in [-0.05, 0) is 25.7 Å². The van der Waals surface area contributed by atoms with Crippen LogP contribution in [0.25, 0.3) is 0 Å². The molecule has 0 saturated carbocycles. The van der Waals surface area contributed by atoms with Crippen LogP contribution in [0.1, 0.15) is 25.7 Å². The van der Waals surface area contributed by atoms with Crippen LogP contribution in [-0.4, -0.2) is 164 Å². The molecule has 0 aliphatic rings. The van der Waals surface area contributed by atoms with E-state index in [0.29, 0.717) is 38.8 Å². The summed E-state index contributed by atoms with van der Waals surface area (Å²) in [6.45, 7) is 0.965. The number of halogens is 1. The quantitative estimate of drug-likeness (QED) is 0.0344. The molecule has 0 heterocycles. The van der Waals surface area contributed by atoms with Gasteiger partial charge in [0.2, 0.25) is 0 Å². The first-order valence-electron chi connectivity index (χ1n) is 8.77. The van der Waals surface area contributed by atoms with Crippen LogP contribution in [0.4, 0.5) is 4.70 Å². The number of aliphatic carboxylic acids is 2. The van der Waals surface area contributed by atoms with Crippen molar-refractivity contribution in [2.75, 3.05) is 13.1 Å². The van der Waals surface area contributed by atoms with Crippen LogP contribution in [0.5, 0.6) is 0 Å².